The van der Waals surface area contributed by atoms with Gasteiger partial charge in [0.2, 0.25) is 5.91 Å². The maximum Gasteiger partial charge on any atom is 0.244 e. The number of anilines is 1. The lowest BCUT2D eigenvalue weighted by molar-refractivity contribution is -0.116. The summed E-state index contributed by atoms with van der Waals surface area (Å²) < 4.78 is 1.40. The quantitative estimate of drug-likeness (QED) is 0.942. The van der Waals surface area contributed by atoms with E-state index in [9.17, 15) is 4.79 Å². The number of imidazole rings is 1. The third-order valence-corrected chi connectivity index (χ3v) is 3.47. The molecule has 0 saturated heterocycles. The van der Waals surface area contributed by atoms with E-state index in [1.54, 1.807) is 19.1 Å². The van der Waals surface area contributed by atoms with Gasteiger partial charge in [0.1, 0.15) is 24.5 Å². The van der Waals surface area contributed by atoms with Gasteiger partial charge in [-0.2, -0.15) is 10.5 Å². The summed E-state index contributed by atoms with van der Waals surface area (Å²) in [5.41, 5.74) is 1.46. The van der Waals surface area contributed by atoms with E-state index in [1.807, 2.05) is 25.1 Å². The molecule has 1 N–H and O–H groups in total. The van der Waals surface area contributed by atoms with Crippen molar-refractivity contribution in [3.05, 3.63) is 46.0 Å². The molecule has 0 aliphatic heterocycles. The van der Waals surface area contributed by atoms with Gasteiger partial charge < -0.3 is 9.88 Å². The molecule has 0 bridgehead atoms. The number of amides is 1. The van der Waals surface area contributed by atoms with Crippen molar-refractivity contribution < 1.29 is 4.79 Å². The third kappa shape index (κ3) is 2.93. The number of nitrogens with zero attached hydrogens (tertiary/aromatic N) is 4. The summed E-state index contributed by atoms with van der Waals surface area (Å²) in [5, 5.41) is 21.2. The van der Waals surface area contributed by atoms with Crippen molar-refractivity contribution in [3.63, 3.8) is 0 Å². The summed E-state index contributed by atoms with van der Waals surface area (Å²) in [6.07, 6.45) is 0. The first-order chi connectivity index (χ1) is 10.5. The molecule has 2 rings (SSSR count). The van der Waals surface area contributed by atoms with E-state index in [1.165, 1.54) is 4.57 Å². The fourth-order valence-electron chi connectivity index (χ4n) is 2.06. The van der Waals surface area contributed by atoms with Crippen LogP contribution in [0.2, 0.25) is 5.02 Å². The third-order valence-electron chi connectivity index (χ3n) is 3.16. The summed E-state index contributed by atoms with van der Waals surface area (Å²) >= 11 is 6.06. The number of nitriles is 2. The van der Waals surface area contributed by atoms with Crippen LogP contribution in [0.25, 0.3) is 0 Å². The van der Waals surface area contributed by atoms with Crippen LogP contribution in [0.3, 0.4) is 0 Å². The zero-order valence-corrected chi connectivity index (χ0v) is 12.8. The normalized spacial score (nSPS) is 9.86. The van der Waals surface area contributed by atoms with E-state index in [0.717, 1.165) is 5.56 Å². The maximum atomic E-state index is 12.2. The molecule has 0 unspecified atom stereocenters. The Hall–Kier alpha value is -2.83. The van der Waals surface area contributed by atoms with Gasteiger partial charge in [0, 0.05) is 0 Å². The number of carbonyl (C=O) groups excluding carboxylic acids is 1. The van der Waals surface area contributed by atoms with Crippen LogP contribution in [-0.2, 0) is 11.3 Å². The molecule has 0 aliphatic carbocycles. The fraction of sp³-hybridized carbons (Fsp3) is 0.200. The van der Waals surface area contributed by atoms with Crippen molar-refractivity contribution >= 4 is 23.2 Å². The SMILES string of the molecule is Cc1cccc(Cl)c1NC(=O)Cn1c(C)nc(C#N)c1C#N. The maximum absolute atomic E-state index is 12.2. The second kappa shape index (κ2) is 6.30. The van der Waals surface area contributed by atoms with Gasteiger partial charge in [0.05, 0.1) is 10.7 Å². The fourth-order valence-corrected chi connectivity index (χ4v) is 2.33. The summed E-state index contributed by atoms with van der Waals surface area (Å²) in [4.78, 5) is 16.2. The minimum absolute atomic E-state index is 0.0155. The van der Waals surface area contributed by atoms with Crippen LogP contribution < -0.4 is 5.32 Å². The zero-order chi connectivity index (χ0) is 16.3. The molecule has 2 aromatic rings. The molecule has 0 saturated carbocycles. The monoisotopic (exact) mass is 313 g/mol. The second-order valence-electron chi connectivity index (χ2n) is 4.65. The van der Waals surface area contributed by atoms with Crippen molar-refractivity contribution in [2.45, 2.75) is 20.4 Å². The number of nitrogens with one attached hydrogen (secondary N) is 1. The number of aryl methyl sites for hydroxylation is 2. The molecule has 1 aromatic carbocycles. The molecule has 0 fully saturated rings. The largest absolute Gasteiger partial charge is 0.323 e. The molecule has 1 heterocycles. The van der Waals surface area contributed by atoms with Gasteiger partial charge in [-0.25, -0.2) is 4.98 Å². The number of rotatable bonds is 3. The van der Waals surface area contributed by atoms with Gasteiger partial charge in [-0.3, -0.25) is 4.79 Å². The predicted octanol–water partition coefficient (Wildman–Crippen LogP) is 2.54. The molecule has 1 aromatic heterocycles. The Balaban J connectivity index is 2.26. The second-order valence-corrected chi connectivity index (χ2v) is 5.05. The number of aromatic nitrogens is 2. The van der Waals surface area contributed by atoms with E-state index in [2.05, 4.69) is 10.3 Å². The highest BCUT2D eigenvalue weighted by molar-refractivity contribution is 6.33. The molecule has 0 atom stereocenters. The van der Waals surface area contributed by atoms with Crippen molar-refractivity contribution in [3.8, 4) is 12.1 Å². The molecular weight excluding hydrogens is 302 g/mol. The van der Waals surface area contributed by atoms with Crippen LogP contribution >= 0.6 is 11.6 Å². The van der Waals surface area contributed by atoms with Crippen LogP contribution in [0.1, 0.15) is 22.8 Å². The van der Waals surface area contributed by atoms with Crippen molar-refractivity contribution in [1.82, 2.24) is 9.55 Å². The van der Waals surface area contributed by atoms with E-state index < -0.39 is 0 Å². The number of hydrogen-bond donors (Lipinski definition) is 1. The smallest absolute Gasteiger partial charge is 0.244 e. The molecule has 1 amide bonds. The molecule has 0 spiro atoms. The molecule has 0 radical (unpaired) electrons. The highest BCUT2D eigenvalue weighted by Gasteiger charge is 2.17. The van der Waals surface area contributed by atoms with Crippen molar-refractivity contribution in [2.24, 2.45) is 0 Å². The Kier molecular flexibility index (Phi) is 4.45. The minimum atomic E-state index is -0.349. The van der Waals surface area contributed by atoms with Gasteiger partial charge >= 0.3 is 0 Å². The first-order valence-electron chi connectivity index (χ1n) is 6.40. The number of benzene rings is 1. The average Bonchev–Trinajstić information content (AvgIpc) is 2.78. The highest BCUT2D eigenvalue weighted by Crippen LogP contribution is 2.25. The Morgan fingerprint density at radius 2 is 2.09 bits per heavy atom. The Labute approximate surface area is 132 Å². The summed E-state index contributed by atoms with van der Waals surface area (Å²) in [5.74, 6) is 0.0804. The van der Waals surface area contributed by atoms with Crippen LogP contribution in [0.15, 0.2) is 18.2 Å². The molecule has 6 nitrogen and oxygen atoms in total. The Morgan fingerprint density at radius 3 is 2.68 bits per heavy atom. The molecular formula is C15H12ClN5O. The summed E-state index contributed by atoms with van der Waals surface area (Å²) in [6.45, 7) is 3.35. The van der Waals surface area contributed by atoms with Crippen LogP contribution in [0.5, 0.6) is 0 Å². The zero-order valence-electron chi connectivity index (χ0n) is 12.0. The first-order valence-corrected chi connectivity index (χ1v) is 6.78. The van der Waals surface area contributed by atoms with Gasteiger partial charge in [0.15, 0.2) is 11.4 Å². The molecule has 22 heavy (non-hydrogen) atoms. The van der Waals surface area contributed by atoms with Crippen LogP contribution in [-0.4, -0.2) is 15.5 Å². The van der Waals surface area contributed by atoms with Crippen LogP contribution in [0, 0.1) is 36.5 Å². The Bertz CT molecular complexity index is 805. The number of carbonyl (C=O) groups is 1. The van der Waals surface area contributed by atoms with E-state index >= 15 is 0 Å². The Morgan fingerprint density at radius 1 is 1.36 bits per heavy atom. The summed E-state index contributed by atoms with van der Waals surface area (Å²) in [7, 11) is 0. The molecule has 7 heteroatoms. The topological polar surface area (TPSA) is 94.5 Å². The number of para-hydroxylation sites is 1. The lowest BCUT2D eigenvalue weighted by Crippen LogP contribution is -2.21. The first kappa shape index (κ1) is 15.6. The highest BCUT2D eigenvalue weighted by atomic mass is 35.5. The van der Waals surface area contributed by atoms with Crippen LogP contribution in [0.4, 0.5) is 5.69 Å². The van der Waals surface area contributed by atoms with Crippen molar-refractivity contribution in [1.29, 1.82) is 10.5 Å². The minimum Gasteiger partial charge on any atom is -0.323 e. The lowest BCUT2D eigenvalue weighted by Gasteiger charge is -2.11. The average molecular weight is 314 g/mol. The van der Waals surface area contributed by atoms with Gasteiger partial charge in [0.25, 0.3) is 0 Å². The standard InChI is InChI=1S/C15H12ClN5O/c1-9-4-3-5-11(16)15(9)20-14(22)8-21-10(2)19-12(6-17)13(21)7-18/h3-5H,8H2,1-2H3,(H,20,22). The number of halogens is 1. The molecule has 0 aliphatic rings. The predicted molar refractivity (Wildman–Crippen MR) is 81.2 cm³/mol. The van der Waals surface area contributed by atoms with E-state index in [0.29, 0.717) is 16.5 Å². The lowest BCUT2D eigenvalue weighted by atomic mass is 10.2. The van der Waals surface area contributed by atoms with E-state index in [-0.39, 0.29) is 23.8 Å². The van der Waals surface area contributed by atoms with Gasteiger partial charge in [-0.1, -0.05) is 23.7 Å². The van der Waals surface area contributed by atoms with Gasteiger partial charge in [-0.15, -0.1) is 0 Å². The van der Waals surface area contributed by atoms with E-state index in [4.69, 9.17) is 22.1 Å². The molecule has 110 valence electrons. The van der Waals surface area contributed by atoms with Crippen molar-refractivity contribution in [2.75, 3.05) is 5.32 Å². The number of hydrogen-bond acceptors (Lipinski definition) is 4. The summed E-state index contributed by atoms with van der Waals surface area (Å²) in [6, 6.07) is 9.05. The van der Waals surface area contributed by atoms with Gasteiger partial charge in [-0.05, 0) is 25.5 Å².